The number of anilines is 1. The van der Waals surface area contributed by atoms with Crippen molar-refractivity contribution in [3.63, 3.8) is 0 Å². The maximum absolute atomic E-state index is 13.2. The number of hydrogen-bond donors (Lipinski definition) is 1. The van der Waals surface area contributed by atoms with Crippen LogP contribution in [0.15, 0.2) is 47.4 Å². The summed E-state index contributed by atoms with van der Waals surface area (Å²) in [5.41, 5.74) is 0.593. The highest BCUT2D eigenvalue weighted by molar-refractivity contribution is 7.92. The van der Waals surface area contributed by atoms with Crippen LogP contribution in [0.5, 0.6) is 0 Å². The second-order valence-corrected chi connectivity index (χ2v) is 6.64. The SMILES string of the molecule is CN(C)C(=O)c1ccc(NS(=O)(=O)c2ccc(F)c(F)c2)cc1. The summed E-state index contributed by atoms with van der Waals surface area (Å²) >= 11 is 0. The van der Waals surface area contributed by atoms with Gasteiger partial charge in [-0.05, 0) is 42.5 Å². The topological polar surface area (TPSA) is 66.5 Å². The van der Waals surface area contributed by atoms with E-state index in [2.05, 4.69) is 4.72 Å². The molecule has 0 spiro atoms. The van der Waals surface area contributed by atoms with Crippen molar-refractivity contribution in [3.05, 3.63) is 59.7 Å². The van der Waals surface area contributed by atoms with Crippen molar-refractivity contribution in [2.24, 2.45) is 0 Å². The number of benzene rings is 2. The van der Waals surface area contributed by atoms with Crippen LogP contribution in [0.4, 0.5) is 14.5 Å². The van der Waals surface area contributed by atoms with Crippen LogP contribution in [0, 0.1) is 11.6 Å². The number of sulfonamides is 1. The summed E-state index contributed by atoms with van der Waals surface area (Å²) in [6.45, 7) is 0. The lowest BCUT2D eigenvalue weighted by atomic mass is 10.2. The summed E-state index contributed by atoms with van der Waals surface area (Å²) in [6, 6.07) is 8.05. The van der Waals surface area contributed by atoms with E-state index in [-0.39, 0.29) is 11.6 Å². The van der Waals surface area contributed by atoms with E-state index in [0.29, 0.717) is 11.6 Å². The molecular weight excluding hydrogens is 326 g/mol. The first kappa shape index (κ1) is 16.9. The average molecular weight is 340 g/mol. The third-order valence-electron chi connectivity index (χ3n) is 2.99. The van der Waals surface area contributed by atoms with Gasteiger partial charge in [0.05, 0.1) is 4.90 Å². The van der Waals surface area contributed by atoms with Crippen LogP contribution in [0.25, 0.3) is 0 Å². The first-order valence-corrected chi connectivity index (χ1v) is 7.98. The lowest BCUT2D eigenvalue weighted by Crippen LogP contribution is -2.21. The number of carbonyl (C=O) groups is 1. The maximum atomic E-state index is 13.2. The highest BCUT2D eigenvalue weighted by Crippen LogP contribution is 2.19. The Labute approximate surface area is 132 Å². The molecule has 0 fully saturated rings. The number of halogens is 2. The van der Waals surface area contributed by atoms with Crippen molar-refractivity contribution in [1.82, 2.24) is 4.90 Å². The highest BCUT2D eigenvalue weighted by Gasteiger charge is 2.17. The fraction of sp³-hybridized carbons (Fsp3) is 0.133. The van der Waals surface area contributed by atoms with Gasteiger partial charge in [-0.15, -0.1) is 0 Å². The van der Waals surface area contributed by atoms with E-state index in [1.54, 1.807) is 14.1 Å². The van der Waals surface area contributed by atoms with Crippen molar-refractivity contribution in [1.29, 1.82) is 0 Å². The minimum Gasteiger partial charge on any atom is -0.345 e. The van der Waals surface area contributed by atoms with Crippen LogP contribution < -0.4 is 4.72 Å². The molecule has 0 aliphatic rings. The molecule has 0 saturated heterocycles. The van der Waals surface area contributed by atoms with Crippen molar-refractivity contribution in [3.8, 4) is 0 Å². The number of rotatable bonds is 4. The van der Waals surface area contributed by atoms with Gasteiger partial charge >= 0.3 is 0 Å². The molecule has 0 heterocycles. The number of nitrogens with zero attached hydrogens (tertiary/aromatic N) is 1. The minimum absolute atomic E-state index is 0.199. The Morgan fingerprint density at radius 2 is 1.61 bits per heavy atom. The number of carbonyl (C=O) groups excluding carboxylic acids is 1. The van der Waals surface area contributed by atoms with Gasteiger partial charge in [-0.2, -0.15) is 0 Å². The predicted molar refractivity (Wildman–Crippen MR) is 81.6 cm³/mol. The van der Waals surface area contributed by atoms with Crippen LogP contribution in [0.1, 0.15) is 10.4 Å². The van der Waals surface area contributed by atoms with E-state index in [1.165, 1.54) is 29.2 Å². The van der Waals surface area contributed by atoms with Crippen LogP contribution >= 0.6 is 0 Å². The second kappa shape index (κ2) is 6.33. The molecule has 5 nitrogen and oxygen atoms in total. The molecule has 0 unspecified atom stereocenters. The molecule has 0 aliphatic carbocycles. The van der Waals surface area contributed by atoms with Gasteiger partial charge in [-0.1, -0.05) is 0 Å². The molecule has 0 bridgehead atoms. The third kappa shape index (κ3) is 3.84. The largest absolute Gasteiger partial charge is 0.345 e. The Morgan fingerprint density at radius 1 is 1.00 bits per heavy atom. The van der Waals surface area contributed by atoms with Crippen molar-refractivity contribution in [2.75, 3.05) is 18.8 Å². The first-order valence-electron chi connectivity index (χ1n) is 6.50. The summed E-state index contributed by atoms with van der Waals surface area (Å²) < 4.78 is 52.5. The number of amides is 1. The van der Waals surface area contributed by atoms with Crippen LogP contribution in [0.2, 0.25) is 0 Å². The Morgan fingerprint density at radius 3 is 2.13 bits per heavy atom. The summed E-state index contributed by atoms with van der Waals surface area (Å²) in [5, 5.41) is 0. The molecule has 2 aromatic carbocycles. The summed E-state index contributed by atoms with van der Waals surface area (Å²) in [5.74, 6) is -2.60. The smallest absolute Gasteiger partial charge is 0.261 e. The molecule has 1 amide bonds. The van der Waals surface area contributed by atoms with Crippen molar-refractivity contribution < 1.29 is 22.0 Å². The number of hydrogen-bond acceptors (Lipinski definition) is 3. The van der Waals surface area contributed by atoms with E-state index >= 15 is 0 Å². The summed E-state index contributed by atoms with van der Waals surface area (Å²) in [6.07, 6.45) is 0. The summed E-state index contributed by atoms with van der Waals surface area (Å²) in [4.78, 5) is 12.7. The molecule has 2 aromatic rings. The average Bonchev–Trinajstić information content (AvgIpc) is 2.49. The van der Waals surface area contributed by atoms with Crippen LogP contribution in [-0.4, -0.2) is 33.3 Å². The molecule has 2 rings (SSSR count). The number of nitrogens with one attached hydrogen (secondary N) is 1. The van der Waals surface area contributed by atoms with Gasteiger partial charge in [0, 0.05) is 25.3 Å². The normalized spacial score (nSPS) is 11.1. The second-order valence-electron chi connectivity index (χ2n) is 4.96. The van der Waals surface area contributed by atoms with E-state index in [0.717, 1.165) is 12.1 Å². The van der Waals surface area contributed by atoms with E-state index in [9.17, 15) is 22.0 Å². The molecule has 0 aliphatic heterocycles. The Kier molecular flexibility index (Phi) is 4.65. The van der Waals surface area contributed by atoms with Crippen LogP contribution in [0.3, 0.4) is 0 Å². The molecule has 8 heteroatoms. The standard InChI is InChI=1S/C15H14F2N2O3S/c1-19(2)15(20)10-3-5-11(6-4-10)18-23(21,22)12-7-8-13(16)14(17)9-12/h3-9,18H,1-2H3. The van der Waals surface area contributed by atoms with Gasteiger partial charge in [-0.25, -0.2) is 17.2 Å². The molecule has 0 radical (unpaired) electrons. The lowest BCUT2D eigenvalue weighted by molar-refractivity contribution is 0.0827. The molecule has 122 valence electrons. The highest BCUT2D eigenvalue weighted by atomic mass is 32.2. The molecular formula is C15H14F2N2O3S. The minimum atomic E-state index is -4.05. The van der Waals surface area contributed by atoms with Gasteiger partial charge in [0.1, 0.15) is 0 Å². The fourth-order valence-electron chi connectivity index (χ4n) is 1.80. The van der Waals surface area contributed by atoms with Gasteiger partial charge in [0.15, 0.2) is 11.6 Å². The Hall–Kier alpha value is -2.48. The fourth-order valence-corrected chi connectivity index (χ4v) is 2.87. The summed E-state index contributed by atoms with van der Waals surface area (Å²) in [7, 11) is -0.856. The zero-order chi connectivity index (χ0) is 17.2. The quantitative estimate of drug-likeness (QED) is 0.930. The Balaban J connectivity index is 2.23. The van der Waals surface area contributed by atoms with Crippen molar-refractivity contribution >= 4 is 21.6 Å². The third-order valence-corrected chi connectivity index (χ3v) is 4.37. The molecule has 0 saturated carbocycles. The maximum Gasteiger partial charge on any atom is 0.261 e. The first-order chi connectivity index (χ1) is 10.7. The van der Waals surface area contributed by atoms with E-state index < -0.39 is 26.6 Å². The zero-order valence-corrected chi connectivity index (χ0v) is 13.2. The van der Waals surface area contributed by atoms with Crippen LogP contribution in [-0.2, 0) is 10.0 Å². The molecule has 23 heavy (non-hydrogen) atoms. The Bertz CT molecular complexity index is 834. The monoisotopic (exact) mass is 340 g/mol. The molecule has 1 N–H and O–H groups in total. The van der Waals surface area contributed by atoms with Gasteiger partial charge < -0.3 is 4.90 Å². The van der Waals surface area contributed by atoms with Crippen molar-refractivity contribution in [2.45, 2.75) is 4.90 Å². The molecule has 0 aromatic heterocycles. The molecule has 0 atom stereocenters. The zero-order valence-electron chi connectivity index (χ0n) is 12.4. The van der Waals surface area contributed by atoms with Gasteiger partial charge in [0.25, 0.3) is 15.9 Å². The van der Waals surface area contributed by atoms with E-state index in [4.69, 9.17) is 0 Å². The van der Waals surface area contributed by atoms with E-state index in [1.807, 2.05) is 0 Å². The van der Waals surface area contributed by atoms with Gasteiger partial charge in [0.2, 0.25) is 0 Å². The van der Waals surface area contributed by atoms with Gasteiger partial charge in [-0.3, -0.25) is 9.52 Å². The lowest BCUT2D eigenvalue weighted by Gasteiger charge is -2.11. The predicted octanol–water partition coefficient (Wildman–Crippen LogP) is 2.47.